The van der Waals surface area contributed by atoms with Gasteiger partial charge in [0.15, 0.2) is 0 Å². The minimum Gasteiger partial charge on any atom is -0.488 e. The van der Waals surface area contributed by atoms with E-state index in [9.17, 15) is 13.9 Å². The van der Waals surface area contributed by atoms with E-state index in [1.165, 1.54) is 0 Å². The summed E-state index contributed by atoms with van der Waals surface area (Å²) < 4.78 is 28.7. The van der Waals surface area contributed by atoms with E-state index in [4.69, 9.17) is 4.74 Å². The minimum atomic E-state index is -2.45. The average molecular weight is 214 g/mol. The number of alkyl halides is 2. The van der Waals surface area contributed by atoms with Crippen LogP contribution in [0.5, 0.6) is 5.75 Å². The molecule has 4 heteroatoms. The van der Waals surface area contributed by atoms with Gasteiger partial charge in [-0.25, -0.2) is 8.78 Å². The molecule has 2 nitrogen and oxygen atoms in total. The predicted octanol–water partition coefficient (Wildman–Crippen LogP) is 2.31. The molecule has 0 radical (unpaired) electrons. The van der Waals surface area contributed by atoms with Crippen LogP contribution in [0.2, 0.25) is 0 Å². The zero-order chi connectivity index (χ0) is 10.8. The summed E-state index contributed by atoms with van der Waals surface area (Å²) in [7, 11) is 0. The molecule has 0 saturated carbocycles. The van der Waals surface area contributed by atoms with Crippen LogP contribution >= 0.6 is 0 Å². The molecule has 0 bridgehead atoms. The molecule has 0 saturated heterocycles. The normalized spacial score (nSPS) is 19.3. The van der Waals surface area contributed by atoms with Gasteiger partial charge < -0.3 is 9.84 Å². The highest BCUT2D eigenvalue weighted by Gasteiger charge is 2.20. The maximum atomic E-state index is 11.9. The van der Waals surface area contributed by atoms with Crippen LogP contribution in [0.4, 0.5) is 8.78 Å². The monoisotopic (exact) mass is 214 g/mol. The van der Waals surface area contributed by atoms with E-state index in [2.05, 4.69) is 0 Å². The van der Waals surface area contributed by atoms with Gasteiger partial charge in [0.1, 0.15) is 12.4 Å². The first kappa shape index (κ1) is 10.4. The third-order valence-corrected chi connectivity index (χ3v) is 2.54. The number of benzene rings is 1. The number of aliphatic hydroxyl groups is 1. The minimum absolute atomic E-state index is 0.413. The molecule has 15 heavy (non-hydrogen) atoms. The SMILES string of the molecule is O[C@H]1CCc2cc(OCC(F)F)ccc21. The summed E-state index contributed by atoms with van der Waals surface area (Å²) in [6.07, 6.45) is -1.39. The molecule has 1 aromatic carbocycles. The van der Waals surface area contributed by atoms with Gasteiger partial charge in [0, 0.05) is 0 Å². The lowest BCUT2D eigenvalue weighted by Crippen LogP contribution is -2.07. The maximum absolute atomic E-state index is 11.9. The summed E-state index contributed by atoms with van der Waals surface area (Å²) in [5.74, 6) is 0.447. The lowest BCUT2D eigenvalue weighted by Gasteiger charge is -2.08. The Balaban J connectivity index is 2.09. The van der Waals surface area contributed by atoms with Crippen LogP contribution in [-0.2, 0) is 6.42 Å². The fraction of sp³-hybridized carbons (Fsp3) is 0.455. The van der Waals surface area contributed by atoms with Crippen LogP contribution in [0.1, 0.15) is 23.7 Å². The molecule has 1 aromatic rings. The Morgan fingerprint density at radius 1 is 1.47 bits per heavy atom. The summed E-state index contributed by atoms with van der Waals surface area (Å²) in [4.78, 5) is 0. The predicted molar refractivity (Wildman–Crippen MR) is 51.2 cm³/mol. The standard InChI is InChI=1S/C11H12F2O2/c12-11(13)6-15-8-2-3-9-7(5-8)1-4-10(9)14/h2-3,5,10-11,14H,1,4,6H2/t10-/m0/s1. The van der Waals surface area contributed by atoms with Crippen molar-refractivity contribution < 1.29 is 18.6 Å². The Kier molecular flexibility index (Phi) is 2.86. The molecule has 0 fully saturated rings. The number of aryl methyl sites for hydroxylation is 1. The van der Waals surface area contributed by atoms with E-state index in [0.717, 1.165) is 17.5 Å². The molecule has 0 aromatic heterocycles. The van der Waals surface area contributed by atoms with E-state index in [-0.39, 0.29) is 0 Å². The van der Waals surface area contributed by atoms with Gasteiger partial charge in [-0.05, 0) is 36.1 Å². The Morgan fingerprint density at radius 2 is 2.27 bits per heavy atom. The largest absolute Gasteiger partial charge is 0.488 e. The van der Waals surface area contributed by atoms with Crippen molar-refractivity contribution in [3.05, 3.63) is 29.3 Å². The topological polar surface area (TPSA) is 29.5 Å². The van der Waals surface area contributed by atoms with Crippen molar-refractivity contribution in [2.75, 3.05) is 6.61 Å². The van der Waals surface area contributed by atoms with Gasteiger partial charge in [-0.2, -0.15) is 0 Å². The zero-order valence-electron chi connectivity index (χ0n) is 8.12. The molecule has 0 spiro atoms. The number of hydrogen-bond donors (Lipinski definition) is 1. The first-order chi connectivity index (χ1) is 7.16. The Bertz CT molecular complexity index is 352. The third kappa shape index (κ3) is 2.26. The maximum Gasteiger partial charge on any atom is 0.272 e. The fourth-order valence-electron chi connectivity index (χ4n) is 1.82. The highest BCUT2D eigenvalue weighted by Crippen LogP contribution is 2.33. The Labute approximate surface area is 86.5 Å². The molecule has 1 aliphatic rings. The number of aliphatic hydroxyl groups excluding tert-OH is 1. The number of ether oxygens (including phenoxy) is 1. The molecule has 2 rings (SSSR count). The van der Waals surface area contributed by atoms with Crippen LogP contribution in [0, 0.1) is 0 Å². The average Bonchev–Trinajstić information content (AvgIpc) is 2.57. The number of hydrogen-bond acceptors (Lipinski definition) is 2. The molecule has 82 valence electrons. The molecule has 1 atom stereocenters. The van der Waals surface area contributed by atoms with Gasteiger partial charge in [0.05, 0.1) is 6.10 Å². The molecule has 0 unspecified atom stereocenters. The number of rotatable bonds is 3. The van der Waals surface area contributed by atoms with Crippen LogP contribution in [0.3, 0.4) is 0 Å². The van der Waals surface area contributed by atoms with E-state index >= 15 is 0 Å². The summed E-state index contributed by atoms with van der Waals surface area (Å²) >= 11 is 0. The molecule has 0 aliphatic heterocycles. The van der Waals surface area contributed by atoms with E-state index in [1.807, 2.05) is 0 Å². The second-order valence-electron chi connectivity index (χ2n) is 3.62. The number of fused-ring (bicyclic) bond motifs is 1. The van der Waals surface area contributed by atoms with Gasteiger partial charge in [0.25, 0.3) is 6.43 Å². The highest BCUT2D eigenvalue weighted by molar-refractivity contribution is 5.39. The summed E-state index contributed by atoms with van der Waals surface area (Å²) in [6, 6.07) is 5.09. The first-order valence-corrected chi connectivity index (χ1v) is 4.88. The van der Waals surface area contributed by atoms with Gasteiger partial charge in [-0.1, -0.05) is 6.07 Å². The molecular weight excluding hydrogens is 202 g/mol. The Morgan fingerprint density at radius 3 is 3.00 bits per heavy atom. The van der Waals surface area contributed by atoms with Gasteiger partial charge in [-0.3, -0.25) is 0 Å². The Hall–Kier alpha value is -1.16. The molecular formula is C11H12F2O2. The van der Waals surface area contributed by atoms with Gasteiger partial charge in [0.2, 0.25) is 0 Å². The van der Waals surface area contributed by atoms with Gasteiger partial charge in [-0.15, -0.1) is 0 Å². The van der Waals surface area contributed by atoms with Crippen molar-refractivity contribution in [1.29, 1.82) is 0 Å². The second-order valence-corrected chi connectivity index (χ2v) is 3.62. The summed E-state index contributed by atoms with van der Waals surface area (Å²) in [5, 5.41) is 9.53. The van der Waals surface area contributed by atoms with E-state index < -0.39 is 19.1 Å². The molecule has 0 heterocycles. The van der Waals surface area contributed by atoms with Crippen molar-refractivity contribution in [2.24, 2.45) is 0 Å². The van der Waals surface area contributed by atoms with Gasteiger partial charge >= 0.3 is 0 Å². The lowest BCUT2D eigenvalue weighted by atomic mass is 10.1. The fourth-order valence-corrected chi connectivity index (χ4v) is 1.82. The number of halogens is 2. The van der Waals surface area contributed by atoms with Crippen LogP contribution in [-0.4, -0.2) is 18.1 Å². The van der Waals surface area contributed by atoms with Crippen molar-refractivity contribution in [1.82, 2.24) is 0 Å². The smallest absolute Gasteiger partial charge is 0.272 e. The van der Waals surface area contributed by atoms with Crippen molar-refractivity contribution >= 4 is 0 Å². The zero-order valence-corrected chi connectivity index (χ0v) is 8.12. The molecule has 1 N–H and O–H groups in total. The summed E-state index contributed by atoms with van der Waals surface area (Å²) in [5.41, 5.74) is 1.88. The van der Waals surface area contributed by atoms with Crippen molar-refractivity contribution in [3.8, 4) is 5.75 Å². The summed E-state index contributed by atoms with van der Waals surface area (Å²) in [6.45, 7) is -0.582. The molecule has 0 amide bonds. The first-order valence-electron chi connectivity index (χ1n) is 4.88. The lowest BCUT2D eigenvalue weighted by molar-refractivity contribution is 0.0818. The van der Waals surface area contributed by atoms with E-state index in [1.54, 1.807) is 18.2 Å². The third-order valence-electron chi connectivity index (χ3n) is 2.54. The second kappa shape index (κ2) is 4.14. The van der Waals surface area contributed by atoms with Crippen molar-refractivity contribution in [3.63, 3.8) is 0 Å². The van der Waals surface area contributed by atoms with Crippen molar-refractivity contribution in [2.45, 2.75) is 25.4 Å². The van der Waals surface area contributed by atoms with E-state index in [0.29, 0.717) is 12.2 Å². The van der Waals surface area contributed by atoms with Crippen LogP contribution in [0.15, 0.2) is 18.2 Å². The van der Waals surface area contributed by atoms with Crippen LogP contribution < -0.4 is 4.74 Å². The molecule has 1 aliphatic carbocycles. The highest BCUT2D eigenvalue weighted by atomic mass is 19.3. The van der Waals surface area contributed by atoms with Crippen LogP contribution in [0.25, 0.3) is 0 Å². The quantitative estimate of drug-likeness (QED) is 0.836.